The number of carboxylic acids is 2. The highest BCUT2D eigenvalue weighted by atomic mass is 16.7. The molecule has 3 aliphatic heterocycles. The monoisotopic (exact) mass is 570 g/mol. The number of aliphatic hydroxyl groups is 5. The van der Waals surface area contributed by atoms with Crippen LogP contribution in [0.25, 0.3) is 0 Å². The van der Waals surface area contributed by atoms with Gasteiger partial charge in [-0.05, 0) is 6.92 Å². The van der Waals surface area contributed by atoms with E-state index < -0.39 is 110 Å². The van der Waals surface area contributed by atoms with E-state index in [1.165, 1.54) is 6.92 Å². The fourth-order valence-electron chi connectivity index (χ4n) is 4.58. The molecule has 0 bridgehead atoms. The van der Waals surface area contributed by atoms with Crippen LogP contribution in [0.15, 0.2) is 0 Å². The minimum Gasteiger partial charge on any atom is -0.479 e. The molecule has 3 saturated heterocycles. The summed E-state index contributed by atoms with van der Waals surface area (Å²) in [4.78, 5) is 35.4. The second kappa shape index (κ2) is 12.6. The number of nitrogens with two attached hydrogens (primary N) is 1. The van der Waals surface area contributed by atoms with Crippen molar-refractivity contribution in [3.8, 4) is 0 Å². The molecule has 0 aromatic rings. The Morgan fingerprint density at radius 2 is 1.28 bits per heavy atom. The van der Waals surface area contributed by atoms with Gasteiger partial charge in [0, 0.05) is 14.0 Å². The normalized spacial score (nSPS) is 46.8. The molecule has 18 heteroatoms. The molecule has 15 atom stereocenters. The lowest BCUT2D eigenvalue weighted by atomic mass is 9.93. The molecule has 0 aromatic carbocycles. The van der Waals surface area contributed by atoms with E-state index in [0.717, 1.165) is 14.0 Å². The highest BCUT2D eigenvalue weighted by Gasteiger charge is 2.55. The van der Waals surface area contributed by atoms with Crippen molar-refractivity contribution in [3.05, 3.63) is 0 Å². The van der Waals surface area contributed by atoms with Gasteiger partial charge < -0.3 is 75.2 Å². The summed E-state index contributed by atoms with van der Waals surface area (Å²) in [6.07, 6.45) is -22.5. The van der Waals surface area contributed by atoms with Crippen LogP contribution in [-0.2, 0) is 42.8 Å². The van der Waals surface area contributed by atoms with Gasteiger partial charge in [0.1, 0.15) is 48.8 Å². The van der Waals surface area contributed by atoms with Crippen molar-refractivity contribution in [2.24, 2.45) is 5.73 Å². The van der Waals surface area contributed by atoms with E-state index in [1.54, 1.807) is 0 Å². The van der Waals surface area contributed by atoms with Gasteiger partial charge >= 0.3 is 11.9 Å². The van der Waals surface area contributed by atoms with Crippen LogP contribution in [0.2, 0.25) is 0 Å². The highest BCUT2D eigenvalue weighted by Crippen LogP contribution is 2.32. The Kier molecular flexibility index (Phi) is 10.2. The van der Waals surface area contributed by atoms with E-state index in [0.29, 0.717) is 0 Å². The summed E-state index contributed by atoms with van der Waals surface area (Å²) in [6, 6.07) is -2.52. The van der Waals surface area contributed by atoms with E-state index in [1.807, 2.05) is 0 Å². The Morgan fingerprint density at radius 3 is 1.82 bits per heavy atom. The van der Waals surface area contributed by atoms with E-state index in [-0.39, 0.29) is 0 Å². The second-order valence-corrected chi connectivity index (χ2v) is 9.43. The van der Waals surface area contributed by atoms with Gasteiger partial charge in [-0.3, -0.25) is 4.79 Å². The first-order chi connectivity index (χ1) is 18.2. The Labute approximate surface area is 221 Å². The van der Waals surface area contributed by atoms with Gasteiger partial charge in [0.05, 0.1) is 12.1 Å². The quantitative estimate of drug-likeness (QED) is 0.131. The third-order valence-corrected chi connectivity index (χ3v) is 6.70. The maximum atomic E-state index is 12.1. The Bertz CT molecular complexity index is 894. The second-order valence-electron chi connectivity index (χ2n) is 9.43. The summed E-state index contributed by atoms with van der Waals surface area (Å²) < 4.78 is 32.4. The molecule has 224 valence electrons. The number of amides is 1. The fourth-order valence-corrected chi connectivity index (χ4v) is 4.58. The van der Waals surface area contributed by atoms with Gasteiger partial charge in [-0.15, -0.1) is 0 Å². The SMILES string of the molecule is CO[C@H]1O[C@H](C(=O)O)[C@H](O[C@H]2O[C@H](C)[C@H](N)[C@H](O[C@H]3O[C@H](C(=O)O)[C@H](O)[C@H](O)[C@H]3O)[C@H]2NC(C)=O)[C@H](O)[C@H]1O. The van der Waals surface area contributed by atoms with Crippen LogP contribution in [0.5, 0.6) is 0 Å². The van der Waals surface area contributed by atoms with Crippen molar-refractivity contribution in [1.29, 1.82) is 0 Å². The number of carbonyl (C=O) groups excluding carboxylic acids is 1. The van der Waals surface area contributed by atoms with Crippen molar-refractivity contribution in [1.82, 2.24) is 5.32 Å². The third-order valence-electron chi connectivity index (χ3n) is 6.70. The molecule has 10 N–H and O–H groups in total. The lowest BCUT2D eigenvalue weighted by Crippen LogP contribution is -2.70. The number of carbonyl (C=O) groups is 3. The number of hydrogen-bond donors (Lipinski definition) is 9. The average Bonchev–Trinajstić information content (AvgIpc) is 2.86. The lowest BCUT2D eigenvalue weighted by Gasteiger charge is -2.49. The van der Waals surface area contributed by atoms with Crippen molar-refractivity contribution in [3.63, 3.8) is 0 Å². The molecule has 0 saturated carbocycles. The van der Waals surface area contributed by atoms with Gasteiger partial charge in [-0.2, -0.15) is 0 Å². The maximum absolute atomic E-state index is 12.1. The summed E-state index contributed by atoms with van der Waals surface area (Å²) in [6.45, 7) is 2.56. The van der Waals surface area contributed by atoms with Gasteiger partial charge in [-0.1, -0.05) is 0 Å². The molecule has 3 aliphatic rings. The number of nitrogens with one attached hydrogen (secondary N) is 1. The molecule has 0 unspecified atom stereocenters. The smallest absolute Gasteiger partial charge is 0.335 e. The number of ether oxygens (including phenoxy) is 6. The summed E-state index contributed by atoms with van der Waals surface area (Å²) in [5.74, 6) is -3.92. The molecule has 0 aromatic heterocycles. The van der Waals surface area contributed by atoms with Gasteiger partial charge in [0.2, 0.25) is 5.91 Å². The molecular weight excluding hydrogens is 536 g/mol. The van der Waals surface area contributed by atoms with Crippen LogP contribution in [-0.4, -0.2) is 153 Å². The third kappa shape index (κ3) is 6.47. The number of aliphatic hydroxyl groups excluding tert-OH is 5. The van der Waals surface area contributed by atoms with E-state index >= 15 is 0 Å². The maximum Gasteiger partial charge on any atom is 0.335 e. The van der Waals surface area contributed by atoms with Crippen LogP contribution >= 0.6 is 0 Å². The van der Waals surface area contributed by atoms with Gasteiger partial charge in [0.15, 0.2) is 31.1 Å². The molecule has 39 heavy (non-hydrogen) atoms. The molecule has 18 nitrogen and oxygen atoms in total. The standard InChI is InChI=1S/C21H34N2O16/c1-4-6(22)13(36-21-11(28)8(25)9(26)15(38-21)17(30)31)7(23-5(2)24)19(35-4)37-14-10(27)12(29)20(34-3)39-16(14)18(32)33/h4,6-16,19-21,25-29H,22H2,1-3H3,(H,23,24)(H,30,31)(H,32,33)/t4-,6+,7-,8+,9-,10-,11-,12-,13+,14-,15+,16+,19-,20+,21+/m1/s1. The number of rotatable bonds is 8. The minimum absolute atomic E-state index is 0.675. The molecule has 0 radical (unpaired) electrons. The van der Waals surface area contributed by atoms with Crippen LogP contribution in [0, 0.1) is 0 Å². The minimum atomic E-state index is -2.00. The molecule has 0 aliphatic carbocycles. The summed E-state index contributed by atoms with van der Waals surface area (Å²) in [7, 11) is 1.12. The fraction of sp³-hybridized carbons (Fsp3) is 0.857. The van der Waals surface area contributed by atoms with Crippen molar-refractivity contribution >= 4 is 17.8 Å². The summed E-state index contributed by atoms with van der Waals surface area (Å²) in [5.41, 5.74) is 6.22. The van der Waals surface area contributed by atoms with E-state index in [4.69, 9.17) is 34.2 Å². The van der Waals surface area contributed by atoms with Gasteiger partial charge in [-0.25, -0.2) is 9.59 Å². The predicted octanol–water partition coefficient (Wildman–Crippen LogP) is -5.60. The molecule has 3 heterocycles. The van der Waals surface area contributed by atoms with Crippen molar-refractivity contribution in [2.45, 2.75) is 106 Å². The number of methoxy groups -OCH3 is 1. The zero-order valence-corrected chi connectivity index (χ0v) is 21.0. The lowest BCUT2D eigenvalue weighted by molar-refractivity contribution is -0.346. The van der Waals surface area contributed by atoms with Crippen LogP contribution < -0.4 is 11.1 Å². The topological polar surface area (TPSA) is 286 Å². The molecule has 0 spiro atoms. The average molecular weight is 571 g/mol. The first-order valence-electron chi connectivity index (χ1n) is 11.9. The Hall–Kier alpha value is -2.07. The molecule has 3 fully saturated rings. The zero-order valence-electron chi connectivity index (χ0n) is 21.0. The molecule has 1 amide bonds. The zero-order chi connectivity index (χ0) is 29.3. The molecule has 3 rings (SSSR count). The first kappa shape index (κ1) is 31.5. The summed E-state index contributed by atoms with van der Waals surface area (Å²) >= 11 is 0. The van der Waals surface area contributed by atoms with Gasteiger partial charge in [0.25, 0.3) is 0 Å². The highest BCUT2D eigenvalue weighted by molar-refractivity contribution is 5.74. The van der Waals surface area contributed by atoms with E-state index in [9.17, 15) is 50.1 Å². The van der Waals surface area contributed by atoms with Crippen LogP contribution in [0.3, 0.4) is 0 Å². The number of aliphatic carboxylic acids is 2. The Morgan fingerprint density at radius 1 is 0.744 bits per heavy atom. The van der Waals surface area contributed by atoms with Crippen LogP contribution in [0.1, 0.15) is 13.8 Å². The number of carboxylic acid groups (broad SMARTS) is 2. The Balaban J connectivity index is 1.91. The number of hydrogen-bond acceptors (Lipinski definition) is 15. The predicted molar refractivity (Wildman–Crippen MR) is 119 cm³/mol. The first-order valence-corrected chi connectivity index (χ1v) is 11.9. The largest absolute Gasteiger partial charge is 0.479 e. The molecular formula is C21H34N2O16. The van der Waals surface area contributed by atoms with Crippen molar-refractivity contribution in [2.75, 3.05) is 7.11 Å². The van der Waals surface area contributed by atoms with Crippen molar-refractivity contribution < 1.29 is 78.6 Å². The van der Waals surface area contributed by atoms with E-state index in [2.05, 4.69) is 5.32 Å². The van der Waals surface area contributed by atoms with Crippen LogP contribution in [0.4, 0.5) is 0 Å². The summed E-state index contributed by atoms with van der Waals surface area (Å²) in [5, 5.41) is 72.8.